The number of ether oxygens (including phenoxy) is 1. The predicted molar refractivity (Wildman–Crippen MR) is 114 cm³/mol. The molecule has 1 saturated carbocycles. The minimum absolute atomic E-state index is 0. The maximum absolute atomic E-state index is 12.3. The van der Waals surface area contributed by atoms with Crippen LogP contribution in [0.5, 0.6) is 5.75 Å². The Morgan fingerprint density at radius 3 is 2.82 bits per heavy atom. The molecule has 0 radical (unpaired) electrons. The van der Waals surface area contributed by atoms with Crippen molar-refractivity contribution in [3.63, 3.8) is 0 Å². The molecule has 1 aliphatic carbocycles. The number of aromatic nitrogens is 2. The average molecular weight is 423 g/mol. The van der Waals surface area contributed by atoms with Crippen LogP contribution < -0.4 is 15.8 Å². The molecule has 6 nitrogen and oxygen atoms in total. The summed E-state index contributed by atoms with van der Waals surface area (Å²) in [5, 5.41) is 2.97. The molecule has 2 unspecified atom stereocenters. The van der Waals surface area contributed by atoms with Crippen LogP contribution in [0.25, 0.3) is 5.65 Å². The number of anilines is 1. The first-order valence-corrected chi connectivity index (χ1v) is 8.89. The van der Waals surface area contributed by atoms with Gasteiger partial charge in [0.1, 0.15) is 18.0 Å². The van der Waals surface area contributed by atoms with Crippen molar-refractivity contribution >= 4 is 42.1 Å². The van der Waals surface area contributed by atoms with Crippen LogP contribution in [0.2, 0.25) is 0 Å². The van der Waals surface area contributed by atoms with Crippen LogP contribution in [0.3, 0.4) is 0 Å². The summed E-state index contributed by atoms with van der Waals surface area (Å²) in [5.74, 6) is 0.742. The minimum atomic E-state index is 0. The number of amides is 1. The van der Waals surface area contributed by atoms with Crippen molar-refractivity contribution in [1.29, 1.82) is 0 Å². The highest BCUT2D eigenvalue weighted by Gasteiger charge is 2.27. The maximum Gasteiger partial charge on any atom is 0.227 e. The molecule has 2 atom stereocenters. The molecule has 1 aliphatic rings. The zero-order valence-electron chi connectivity index (χ0n) is 15.3. The summed E-state index contributed by atoms with van der Waals surface area (Å²) in [5.41, 5.74) is 8.38. The third kappa shape index (κ3) is 5.16. The van der Waals surface area contributed by atoms with Crippen molar-refractivity contribution in [3.05, 3.63) is 60.6 Å². The molecule has 0 spiro atoms. The molecule has 0 saturated heterocycles. The lowest BCUT2D eigenvalue weighted by Gasteiger charge is -2.12. The fourth-order valence-electron chi connectivity index (χ4n) is 3.38. The smallest absolute Gasteiger partial charge is 0.227 e. The molecule has 1 aromatic carbocycles. The second-order valence-electron chi connectivity index (χ2n) is 6.77. The van der Waals surface area contributed by atoms with E-state index < -0.39 is 0 Å². The van der Waals surface area contributed by atoms with Crippen LogP contribution >= 0.6 is 24.8 Å². The van der Waals surface area contributed by atoms with Crippen LogP contribution in [0.1, 0.15) is 25.0 Å². The number of benzene rings is 1. The summed E-state index contributed by atoms with van der Waals surface area (Å²) in [6, 6.07) is 13.5. The Balaban J connectivity index is 0.00000140. The Morgan fingerprint density at radius 2 is 2.07 bits per heavy atom. The SMILES string of the molecule is Cl.Cl.NC1CCC(C(=O)Nc2cccc(OCc3cn4ccccc4n3)c2)C1. The number of rotatable bonds is 5. The third-order valence-corrected chi connectivity index (χ3v) is 4.75. The van der Waals surface area contributed by atoms with E-state index in [-0.39, 0.29) is 42.7 Å². The van der Waals surface area contributed by atoms with E-state index in [0.29, 0.717) is 12.4 Å². The minimum Gasteiger partial charge on any atom is -0.487 e. The summed E-state index contributed by atoms with van der Waals surface area (Å²) >= 11 is 0. The quantitative estimate of drug-likeness (QED) is 0.654. The van der Waals surface area contributed by atoms with Gasteiger partial charge in [-0.15, -0.1) is 24.8 Å². The van der Waals surface area contributed by atoms with Gasteiger partial charge in [0.25, 0.3) is 0 Å². The number of imidazole rings is 1. The Bertz CT molecular complexity index is 898. The number of nitrogens with zero attached hydrogens (tertiary/aromatic N) is 2. The van der Waals surface area contributed by atoms with Crippen molar-refractivity contribution in [1.82, 2.24) is 9.38 Å². The number of carbonyl (C=O) groups excluding carboxylic acids is 1. The highest BCUT2D eigenvalue weighted by molar-refractivity contribution is 5.92. The van der Waals surface area contributed by atoms with E-state index >= 15 is 0 Å². The van der Waals surface area contributed by atoms with E-state index in [1.165, 1.54) is 0 Å². The standard InChI is InChI=1S/C20H22N4O2.2ClH/c21-15-8-7-14(10-15)20(25)23-16-4-3-5-18(11-16)26-13-17-12-24-9-2-1-6-19(24)22-17;;/h1-6,9,11-12,14-15H,7-8,10,13,21H2,(H,23,25);2*1H. The number of fused-ring (bicyclic) bond motifs is 1. The zero-order chi connectivity index (χ0) is 17.9. The van der Waals surface area contributed by atoms with Crippen LogP contribution in [0.15, 0.2) is 54.9 Å². The molecule has 4 rings (SSSR count). The van der Waals surface area contributed by atoms with Crippen LogP contribution in [-0.2, 0) is 11.4 Å². The fourth-order valence-corrected chi connectivity index (χ4v) is 3.38. The highest BCUT2D eigenvalue weighted by Crippen LogP contribution is 2.26. The van der Waals surface area contributed by atoms with Gasteiger partial charge < -0.3 is 20.2 Å². The highest BCUT2D eigenvalue weighted by atomic mass is 35.5. The Labute approximate surface area is 176 Å². The maximum atomic E-state index is 12.3. The summed E-state index contributed by atoms with van der Waals surface area (Å²) in [6.07, 6.45) is 6.44. The molecule has 150 valence electrons. The number of pyridine rings is 1. The Kier molecular flexibility index (Phi) is 7.69. The Morgan fingerprint density at radius 1 is 1.21 bits per heavy atom. The van der Waals surface area contributed by atoms with E-state index in [0.717, 1.165) is 36.3 Å². The first kappa shape index (κ1) is 22.0. The predicted octanol–water partition coefficient (Wildman–Crippen LogP) is 3.82. The van der Waals surface area contributed by atoms with Crippen molar-refractivity contribution in [2.75, 3.05) is 5.32 Å². The summed E-state index contributed by atoms with van der Waals surface area (Å²) < 4.78 is 7.80. The molecule has 3 N–H and O–H groups in total. The molecule has 0 aliphatic heterocycles. The third-order valence-electron chi connectivity index (χ3n) is 4.75. The number of hydrogen-bond donors (Lipinski definition) is 2. The largest absolute Gasteiger partial charge is 0.487 e. The molecular weight excluding hydrogens is 399 g/mol. The van der Waals surface area contributed by atoms with Gasteiger partial charge in [0.2, 0.25) is 5.91 Å². The topological polar surface area (TPSA) is 81.7 Å². The van der Waals surface area contributed by atoms with E-state index in [4.69, 9.17) is 10.5 Å². The van der Waals surface area contributed by atoms with Gasteiger partial charge in [-0.05, 0) is 43.5 Å². The molecule has 3 aromatic rings. The van der Waals surface area contributed by atoms with Crippen LogP contribution in [-0.4, -0.2) is 21.3 Å². The molecule has 1 amide bonds. The summed E-state index contributed by atoms with van der Waals surface area (Å²) in [7, 11) is 0. The summed E-state index contributed by atoms with van der Waals surface area (Å²) in [6.45, 7) is 0.372. The van der Waals surface area contributed by atoms with Gasteiger partial charge in [-0.25, -0.2) is 4.98 Å². The van der Waals surface area contributed by atoms with Gasteiger partial charge in [-0.3, -0.25) is 4.79 Å². The molecule has 8 heteroatoms. The van der Waals surface area contributed by atoms with Gasteiger partial charge in [0.05, 0.1) is 5.69 Å². The van der Waals surface area contributed by atoms with E-state index in [1.54, 1.807) is 0 Å². The first-order valence-electron chi connectivity index (χ1n) is 8.89. The molecule has 28 heavy (non-hydrogen) atoms. The van der Waals surface area contributed by atoms with Gasteiger partial charge in [0, 0.05) is 36.1 Å². The lowest BCUT2D eigenvalue weighted by atomic mass is 10.1. The zero-order valence-corrected chi connectivity index (χ0v) is 16.9. The molecule has 0 bridgehead atoms. The fraction of sp³-hybridized carbons (Fsp3) is 0.300. The van der Waals surface area contributed by atoms with Crippen molar-refractivity contribution < 1.29 is 9.53 Å². The number of carbonyl (C=O) groups is 1. The van der Waals surface area contributed by atoms with Crippen LogP contribution in [0.4, 0.5) is 5.69 Å². The summed E-state index contributed by atoms with van der Waals surface area (Å²) in [4.78, 5) is 16.8. The van der Waals surface area contributed by atoms with Gasteiger partial charge in [-0.2, -0.15) is 0 Å². The van der Waals surface area contributed by atoms with Gasteiger partial charge in [0.15, 0.2) is 0 Å². The normalized spacial score (nSPS) is 18.2. The monoisotopic (exact) mass is 422 g/mol. The Hall–Kier alpha value is -2.28. The lowest BCUT2D eigenvalue weighted by molar-refractivity contribution is -0.119. The molecular formula is C20H24Cl2N4O2. The molecule has 1 fully saturated rings. The first-order chi connectivity index (χ1) is 12.7. The number of nitrogens with two attached hydrogens (primary N) is 1. The van der Waals surface area contributed by atoms with Gasteiger partial charge in [-0.1, -0.05) is 12.1 Å². The average Bonchev–Trinajstić information content (AvgIpc) is 3.26. The van der Waals surface area contributed by atoms with Crippen LogP contribution in [0, 0.1) is 5.92 Å². The number of halogens is 2. The van der Waals surface area contributed by atoms with E-state index in [1.807, 2.05) is 59.3 Å². The van der Waals surface area contributed by atoms with Crippen molar-refractivity contribution in [3.8, 4) is 5.75 Å². The van der Waals surface area contributed by atoms with Crippen molar-refractivity contribution in [2.24, 2.45) is 11.7 Å². The van der Waals surface area contributed by atoms with E-state index in [2.05, 4.69) is 10.3 Å². The van der Waals surface area contributed by atoms with Crippen molar-refractivity contribution in [2.45, 2.75) is 31.9 Å². The second kappa shape index (κ2) is 9.78. The van der Waals surface area contributed by atoms with E-state index in [9.17, 15) is 4.79 Å². The number of hydrogen-bond acceptors (Lipinski definition) is 4. The number of nitrogens with one attached hydrogen (secondary N) is 1. The lowest BCUT2D eigenvalue weighted by Crippen LogP contribution is -2.23. The second-order valence-corrected chi connectivity index (χ2v) is 6.77. The molecule has 2 aromatic heterocycles. The molecule has 2 heterocycles. The van der Waals surface area contributed by atoms with Gasteiger partial charge >= 0.3 is 0 Å².